The summed E-state index contributed by atoms with van der Waals surface area (Å²) in [5.74, 6) is -1.16. The summed E-state index contributed by atoms with van der Waals surface area (Å²) in [4.78, 5) is 10.2. The topological polar surface area (TPSA) is 62.5 Å². The van der Waals surface area contributed by atoms with Crippen LogP contribution >= 0.6 is 0 Å². The summed E-state index contributed by atoms with van der Waals surface area (Å²) >= 11 is 0. The van der Waals surface area contributed by atoms with Gasteiger partial charge in [-0.05, 0) is 12.1 Å². The van der Waals surface area contributed by atoms with E-state index in [0.717, 1.165) is 0 Å². The van der Waals surface area contributed by atoms with Gasteiger partial charge in [-0.2, -0.15) is 0 Å². The molecule has 0 amide bonds. The fourth-order valence-electron chi connectivity index (χ4n) is 0.914. The lowest BCUT2D eigenvalue weighted by atomic mass is 10.2. The van der Waals surface area contributed by atoms with Crippen molar-refractivity contribution in [3.8, 4) is 0 Å². The molecule has 0 saturated heterocycles. The number of nitrogens with zero attached hydrogens (tertiary/aromatic N) is 1. The zero-order chi connectivity index (χ0) is 8.97. The van der Waals surface area contributed by atoms with E-state index >= 15 is 0 Å². The third kappa shape index (κ3) is 2.39. The van der Waals surface area contributed by atoms with E-state index in [1.165, 1.54) is 0 Å². The van der Waals surface area contributed by atoms with Crippen molar-refractivity contribution >= 4 is 5.97 Å². The number of aliphatic hydroxyl groups excluding tert-OH is 1. The Balaban J connectivity index is 2.31. The van der Waals surface area contributed by atoms with E-state index in [0.29, 0.717) is 6.54 Å². The number of hydrogen-bond donors (Lipinski definition) is 2. The minimum atomic E-state index is -1.26. The highest BCUT2D eigenvalue weighted by Gasteiger charge is 2.11. The summed E-state index contributed by atoms with van der Waals surface area (Å²) in [6, 6.07) is 3.71. The molecule has 0 spiro atoms. The van der Waals surface area contributed by atoms with E-state index in [1.807, 2.05) is 29.1 Å². The first kappa shape index (κ1) is 8.80. The molecule has 66 valence electrons. The van der Waals surface area contributed by atoms with E-state index in [2.05, 4.69) is 0 Å². The van der Waals surface area contributed by atoms with Crippen molar-refractivity contribution in [1.82, 2.24) is 4.57 Å². The van der Waals surface area contributed by atoms with Crippen molar-refractivity contribution in [2.24, 2.45) is 0 Å². The molecule has 2 N–H and O–H groups in total. The molecular formula is C8H11NO3. The van der Waals surface area contributed by atoms with E-state index in [9.17, 15) is 4.79 Å². The van der Waals surface area contributed by atoms with Gasteiger partial charge in [0.1, 0.15) is 0 Å². The van der Waals surface area contributed by atoms with Crippen molar-refractivity contribution in [2.45, 2.75) is 19.1 Å². The van der Waals surface area contributed by atoms with Gasteiger partial charge in [0, 0.05) is 25.4 Å². The Labute approximate surface area is 70.1 Å². The molecule has 0 aliphatic rings. The molecule has 1 rings (SSSR count). The first-order chi connectivity index (χ1) is 5.70. The van der Waals surface area contributed by atoms with Crippen LogP contribution in [0, 0.1) is 0 Å². The molecule has 0 saturated carbocycles. The Hall–Kier alpha value is -1.29. The molecule has 0 bridgehead atoms. The van der Waals surface area contributed by atoms with Crippen molar-refractivity contribution in [1.29, 1.82) is 0 Å². The predicted octanol–water partition coefficient (Wildman–Crippen LogP) is 0.324. The molecule has 4 nitrogen and oxygen atoms in total. The maximum Gasteiger partial charge on any atom is 0.332 e. The van der Waals surface area contributed by atoms with Crippen LogP contribution < -0.4 is 0 Å². The highest BCUT2D eigenvalue weighted by molar-refractivity contribution is 5.71. The van der Waals surface area contributed by atoms with Gasteiger partial charge >= 0.3 is 5.97 Å². The Morgan fingerprint density at radius 2 is 2.00 bits per heavy atom. The van der Waals surface area contributed by atoms with Gasteiger partial charge in [0.15, 0.2) is 6.10 Å². The van der Waals surface area contributed by atoms with Crippen molar-refractivity contribution < 1.29 is 15.0 Å². The number of carbonyl (C=O) groups is 1. The van der Waals surface area contributed by atoms with Gasteiger partial charge in [0.2, 0.25) is 0 Å². The minimum Gasteiger partial charge on any atom is -0.479 e. The monoisotopic (exact) mass is 169 g/mol. The summed E-state index contributed by atoms with van der Waals surface area (Å²) in [5, 5.41) is 17.3. The lowest BCUT2D eigenvalue weighted by Crippen LogP contribution is -2.20. The van der Waals surface area contributed by atoms with Gasteiger partial charge in [-0.15, -0.1) is 0 Å². The van der Waals surface area contributed by atoms with E-state index in [1.54, 1.807) is 0 Å². The van der Waals surface area contributed by atoms with Crippen LogP contribution in [0.15, 0.2) is 24.5 Å². The summed E-state index contributed by atoms with van der Waals surface area (Å²) in [6.45, 7) is 0.528. The molecule has 1 aromatic heterocycles. The first-order valence-corrected chi connectivity index (χ1v) is 3.72. The fraction of sp³-hybridized carbons (Fsp3) is 0.375. The summed E-state index contributed by atoms with van der Waals surface area (Å²) in [5.41, 5.74) is 0. The molecule has 1 unspecified atom stereocenters. The average molecular weight is 169 g/mol. The number of hydrogen-bond acceptors (Lipinski definition) is 2. The summed E-state index contributed by atoms with van der Waals surface area (Å²) in [6.07, 6.45) is 2.64. The van der Waals surface area contributed by atoms with Crippen LogP contribution in [0.25, 0.3) is 0 Å². The average Bonchev–Trinajstić information content (AvgIpc) is 2.51. The van der Waals surface area contributed by atoms with Gasteiger partial charge in [-0.1, -0.05) is 0 Å². The predicted molar refractivity (Wildman–Crippen MR) is 42.7 cm³/mol. The first-order valence-electron chi connectivity index (χ1n) is 3.72. The number of aliphatic hydroxyl groups is 1. The number of carboxylic acid groups (broad SMARTS) is 1. The molecule has 1 atom stereocenters. The zero-order valence-corrected chi connectivity index (χ0v) is 6.55. The maximum atomic E-state index is 10.2. The second-order valence-electron chi connectivity index (χ2n) is 2.56. The maximum absolute atomic E-state index is 10.2. The van der Waals surface area contributed by atoms with Crippen LogP contribution in [0.4, 0.5) is 0 Å². The lowest BCUT2D eigenvalue weighted by molar-refractivity contribution is -0.147. The van der Waals surface area contributed by atoms with Crippen LogP contribution in [0.1, 0.15) is 6.42 Å². The fourth-order valence-corrected chi connectivity index (χ4v) is 0.914. The highest BCUT2D eigenvalue weighted by atomic mass is 16.4. The third-order valence-electron chi connectivity index (χ3n) is 1.61. The van der Waals surface area contributed by atoms with Crippen molar-refractivity contribution in [3.63, 3.8) is 0 Å². The normalized spacial score (nSPS) is 12.8. The molecule has 1 aromatic rings. The molecule has 0 fully saturated rings. The summed E-state index contributed by atoms with van der Waals surface area (Å²) in [7, 11) is 0. The number of aromatic nitrogens is 1. The van der Waals surface area contributed by atoms with Gasteiger partial charge in [-0.3, -0.25) is 0 Å². The van der Waals surface area contributed by atoms with Crippen molar-refractivity contribution in [2.75, 3.05) is 0 Å². The van der Waals surface area contributed by atoms with E-state index < -0.39 is 12.1 Å². The summed E-state index contributed by atoms with van der Waals surface area (Å²) < 4.78 is 1.83. The van der Waals surface area contributed by atoms with E-state index in [4.69, 9.17) is 10.2 Å². The van der Waals surface area contributed by atoms with Crippen LogP contribution in [-0.2, 0) is 11.3 Å². The highest BCUT2D eigenvalue weighted by Crippen LogP contribution is 1.97. The van der Waals surface area contributed by atoms with E-state index in [-0.39, 0.29) is 6.42 Å². The molecule has 0 radical (unpaired) electrons. The second-order valence-corrected chi connectivity index (χ2v) is 2.56. The standard InChI is InChI=1S/C8H11NO3/c10-7(8(11)12)3-6-9-4-1-2-5-9/h1-2,4-5,7,10H,3,6H2,(H,11,12). The van der Waals surface area contributed by atoms with Crippen LogP contribution in [0.2, 0.25) is 0 Å². The molecule has 0 aromatic carbocycles. The SMILES string of the molecule is O=C(O)C(O)CCn1cccc1. The van der Waals surface area contributed by atoms with Gasteiger partial charge in [0.25, 0.3) is 0 Å². The van der Waals surface area contributed by atoms with Gasteiger partial charge < -0.3 is 14.8 Å². The number of aliphatic carboxylic acids is 1. The quantitative estimate of drug-likeness (QED) is 0.682. The zero-order valence-electron chi connectivity index (χ0n) is 6.55. The van der Waals surface area contributed by atoms with Crippen molar-refractivity contribution in [3.05, 3.63) is 24.5 Å². The second kappa shape index (κ2) is 3.92. The Morgan fingerprint density at radius 3 is 2.50 bits per heavy atom. The molecule has 0 aliphatic heterocycles. The Morgan fingerprint density at radius 1 is 1.42 bits per heavy atom. The van der Waals surface area contributed by atoms with Gasteiger partial charge in [0.05, 0.1) is 0 Å². The van der Waals surface area contributed by atoms with Gasteiger partial charge in [-0.25, -0.2) is 4.79 Å². The number of aryl methyl sites for hydroxylation is 1. The van der Waals surface area contributed by atoms with Crippen LogP contribution in [0.3, 0.4) is 0 Å². The molecule has 0 aliphatic carbocycles. The van der Waals surface area contributed by atoms with Crippen LogP contribution in [-0.4, -0.2) is 26.9 Å². The Bertz CT molecular complexity index is 243. The number of carboxylic acids is 1. The molecule has 1 heterocycles. The largest absolute Gasteiger partial charge is 0.479 e. The lowest BCUT2D eigenvalue weighted by Gasteiger charge is -2.05. The third-order valence-corrected chi connectivity index (χ3v) is 1.61. The smallest absolute Gasteiger partial charge is 0.332 e. The number of rotatable bonds is 4. The minimum absolute atomic E-state index is 0.240. The Kier molecular flexibility index (Phi) is 2.88. The van der Waals surface area contributed by atoms with Crippen LogP contribution in [0.5, 0.6) is 0 Å². The molecule has 12 heavy (non-hydrogen) atoms. The molecule has 4 heteroatoms. The molecular weight excluding hydrogens is 158 g/mol.